The molecule has 3 rings (SSSR count). The number of hydrogen-bond donors (Lipinski definition) is 2. The number of aryl methyl sites for hydroxylation is 1. The number of piperazine rings is 1. The van der Waals surface area contributed by atoms with E-state index in [9.17, 15) is 0 Å². The van der Waals surface area contributed by atoms with Crippen LogP contribution in [0, 0.1) is 6.92 Å². The Morgan fingerprint density at radius 2 is 2.21 bits per heavy atom. The summed E-state index contributed by atoms with van der Waals surface area (Å²) in [7, 11) is 3.89. The van der Waals surface area contributed by atoms with Crippen LogP contribution in [0.5, 0.6) is 5.75 Å². The molecule has 2 aromatic rings. The fourth-order valence-corrected chi connectivity index (χ4v) is 2.99. The zero-order chi connectivity index (χ0) is 13.4. The minimum absolute atomic E-state index is 0.389. The van der Waals surface area contributed by atoms with Gasteiger partial charge < -0.3 is 19.9 Å². The number of aromatic amines is 1. The van der Waals surface area contributed by atoms with Crippen LogP contribution in [0.4, 0.5) is 0 Å². The van der Waals surface area contributed by atoms with Crippen molar-refractivity contribution in [3.63, 3.8) is 0 Å². The standard InChI is InChI=1S/C15H21N3O/c1-10-15(14-9-18(2)7-6-16-14)12-8-11(19-3)4-5-13(12)17-10/h4-5,8,14,16-17H,6-7,9H2,1-3H3. The molecule has 1 aromatic heterocycles. The quantitative estimate of drug-likeness (QED) is 0.867. The average Bonchev–Trinajstić information content (AvgIpc) is 2.73. The summed E-state index contributed by atoms with van der Waals surface area (Å²) in [5, 5.41) is 4.89. The number of likely N-dealkylation sites (N-methyl/N-ethyl adjacent to an activating group) is 1. The summed E-state index contributed by atoms with van der Waals surface area (Å²) in [4.78, 5) is 5.85. The Labute approximate surface area is 113 Å². The molecule has 1 atom stereocenters. The summed E-state index contributed by atoms with van der Waals surface area (Å²) in [6.07, 6.45) is 0. The Morgan fingerprint density at radius 1 is 1.37 bits per heavy atom. The first-order valence-corrected chi connectivity index (χ1v) is 6.77. The Bertz CT molecular complexity index is 590. The van der Waals surface area contributed by atoms with E-state index in [0.29, 0.717) is 6.04 Å². The lowest BCUT2D eigenvalue weighted by Crippen LogP contribution is -2.43. The molecule has 0 spiro atoms. The monoisotopic (exact) mass is 259 g/mol. The number of H-pyrrole nitrogens is 1. The molecular weight excluding hydrogens is 238 g/mol. The third kappa shape index (κ3) is 2.22. The molecule has 19 heavy (non-hydrogen) atoms. The second-order valence-electron chi connectivity index (χ2n) is 5.34. The molecule has 4 nitrogen and oxygen atoms in total. The fraction of sp³-hybridized carbons (Fsp3) is 0.467. The number of nitrogens with zero attached hydrogens (tertiary/aromatic N) is 1. The summed E-state index contributed by atoms with van der Waals surface area (Å²) in [6, 6.07) is 6.61. The molecule has 1 saturated heterocycles. The number of methoxy groups -OCH3 is 1. The molecule has 1 unspecified atom stereocenters. The van der Waals surface area contributed by atoms with E-state index >= 15 is 0 Å². The highest BCUT2D eigenvalue weighted by atomic mass is 16.5. The van der Waals surface area contributed by atoms with E-state index in [0.717, 1.165) is 25.4 Å². The van der Waals surface area contributed by atoms with Crippen LogP contribution in [0.2, 0.25) is 0 Å². The van der Waals surface area contributed by atoms with Crippen molar-refractivity contribution in [2.45, 2.75) is 13.0 Å². The van der Waals surface area contributed by atoms with Crippen molar-refractivity contribution in [2.24, 2.45) is 0 Å². The van der Waals surface area contributed by atoms with Gasteiger partial charge in [-0.25, -0.2) is 0 Å². The SMILES string of the molecule is COc1ccc2[nH]c(C)c(C3CN(C)CCN3)c2c1. The molecule has 1 fully saturated rings. The lowest BCUT2D eigenvalue weighted by molar-refractivity contribution is 0.241. The second-order valence-corrected chi connectivity index (χ2v) is 5.34. The Morgan fingerprint density at radius 3 is 2.95 bits per heavy atom. The number of rotatable bonds is 2. The van der Waals surface area contributed by atoms with Crippen molar-refractivity contribution in [1.29, 1.82) is 0 Å². The van der Waals surface area contributed by atoms with Crippen molar-refractivity contribution in [2.75, 3.05) is 33.8 Å². The van der Waals surface area contributed by atoms with E-state index in [1.807, 2.05) is 6.07 Å². The number of hydrogen-bond acceptors (Lipinski definition) is 3. The third-order valence-electron chi connectivity index (χ3n) is 3.97. The Balaban J connectivity index is 2.08. The van der Waals surface area contributed by atoms with Crippen LogP contribution in [-0.2, 0) is 0 Å². The third-order valence-corrected chi connectivity index (χ3v) is 3.97. The Kier molecular flexibility index (Phi) is 3.21. The Hall–Kier alpha value is -1.52. The van der Waals surface area contributed by atoms with Gasteiger partial charge in [0.2, 0.25) is 0 Å². The fourth-order valence-electron chi connectivity index (χ4n) is 2.99. The minimum Gasteiger partial charge on any atom is -0.497 e. The zero-order valence-corrected chi connectivity index (χ0v) is 11.8. The molecule has 2 N–H and O–H groups in total. The largest absolute Gasteiger partial charge is 0.497 e. The summed E-state index contributed by atoms with van der Waals surface area (Å²) < 4.78 is 5.35. The highest BCUT2D eigenvalue weighted by Crippen LogP contribution is 2.31. The summed E-state index contributed by atoms with van der Waals surface area (Å²) in [5.41, 5.74) is 3.81. The van der Waals surface area contributed by atoms with Gasteiger partial charge in [-0.15, -0.1) is 0 Å². The highest BCUT2D eigenvalue weighted by molar-refractivity contribution is 5.86. The summed E-state index contributed by atoms with van der Waals surface area (Å²) in [6.45, 7) is 5.35. The summed E-state index contributed by atoms with van der Waals surface area (Å²) >= 11 is 0. The lowest BCUT2D eigenvalue weighted by atomic mass is 10.0. The first kappa shape index (κ1) is 12.5. The lowest BCUT2D eigenvalue weighted by Gasteiger charge is -2.31. The second kappa shape index (κ2) is 4.87. The maximum Gasteiger partial charge on any atom is 0.119 e. The first-order valence-electron chi connectivity index (χ1n) is 6.77. The van der Waals surface area contributed by atoms with Crippen LogP contribution >= 0.6 is 0 Å². The van der Waals surface area contributed by atoms with E-state index < -0.39 is 0 Å². The molecule has 0 saturated carbocycles. The van der Waals surface area contributed by atoms with Crippen molar-refractivity contribution in [1.82, 2.24) is 15.2 Å². The number of nitrogens with one attached hydrogen (secondary N) is 2. The molecule has 1 aromatic carbocycles. The normalized spacial score (nSPS) is 20.9. The van der Waals surface area contributed by atoms with E-state index in [1.54, 1.807) is 7.11 Å². The van der Waals surface area contributed by atoms with E-state index in [1.165, 1.54) is 22.2 Å². The number of aromatic nitrogens is 1. The van der Waals surface area contributed by atoms with E-state index in [4.69, 9.17) is 4.74 Å². The molecule has 0 bridgehead atoms. The predicted molar refractivity (Wildman–Crippen MR) is 77.8 cm³/mol. The van der Waals surface area contributed by atoms with Crippen LogP contribution in [0.1, 0.15) is 17.3 Å². The van der Waals surface area contributed by atoms with Gasteiger partial charge in [-0.1, -0.05) is 0 Å². The molecule has 0 radical (unpaired) electrons. The molecule has 1 aliphatic heterocycles. The van der Waals surface area contributed by atoms with Gasteiger partial charge in [0.05, 0.1) is 7.11 Å². The van der Waals surface area contributed by atoms with Crippen LogP contribution in [0.3, 0.4) is 0 Å². The summed E-state index contributed by atoms with van der Waals surface area (Å²) in [5.74, 6) is 0.914. The van der Waals surface area contributed by atoms with Gasteiger partial charge >= 0.3 is 0 Å². The minimum atomic E-state index is 0.389. The molecule has 0 amide bonds. The number of ether oxygens (including phenoxy) is 1. The van der Waals surface area contributed by atoms with Gasteiger partial charge in [0, 0.05) is 42.3 Å². The molecular formula is C15H21N3O. The molecule has 1 aliphatic rings. The maximum absolute atomic E-state index is 5.35. The van der Waals surface area contributed by atoms with Crippen molar-refractivity contribution < 1.29 is 4.74 Å². The maximum atomic E-state index is 5.35. The number of benzene rings is 1. The van der Waals surface area contributed by atoms with Gasteiger partial charge in [-0.3, -0.25) is 0 Å². The molecule has 2 heterocycles. The van der Waals surface area contributed by atoms with Crippen molar-refractivity contribution in [3.8, 4) is 5.75 Å². The topological polar surface area (TPSA) is 40.3 Å². The molecule has 0 aliphatic carbocycles. The van der Waals surface area contributed by atoms with E-state index in [2.05, 4.69) is 41.3 Å². The van der Waals surface area contributed by atoms with E-state index in [-0.39, 0.29) is 0 Å². The van der Waals surface area contributed by atoms with Gasteiger partial charge in [-0.2, -0.15) is 0 Å². The number of fused-ring (bicyclic) bond motifs is 1. The van der Waals surface area contributed by atoms with Crippen LogP contribution in [0.25, 0.3) is 10.9 Å². The van der Waals surface area contributed by atoms with Gasteiger partial charge in [0.1, 0.15) is 5.75 Å². The zero-order valence-electron chi connectivity index (χ0n) is 11.8. The molecule has 4 heteroatoms. The van der Waals surface area contributed by atoms with Crippen LogP contribution in [0.15, 0.2) is 18.2 Å². The van der Waals surface area contributed by atoms with Gasteiger partial charge in [-0.05, 0) is 37.7 Å². The smallest absolute Gasteiger partial charge is 0.119 e. The van der Waals surface area contributed by atoms with Crippen molar-refractivity contribution in [3.05, 3.63) is 29.5 Å². The van der Waals surface area contributed by atoms with Gasteiger partial charge in [0.15, 0.2) is 0 Å². The van der Waals surface area contributed by atoms with Crippen LogP contribution < -0.4 is 10.1 Å². The van der Waals surface area contributed by atoms with Gasteiger partial charge in [0.25, 0.3) is 0 Å². The van der Waals surface area contributed by atoms with Crippen molar-refractivity contribution >= 4 is 10.9 Å². The predicted octanol–water partition coefficient (Wildman–Crippen LogP) is 2.06. The highest BCUT2D eigenvalue weighted by Gasteiger charge is 2.23. The van der Waals surface area contributed by atoms with Crippen LogP contribution in [-0.4, -0.2) is 43.7 Å². The molecule has 102 valence electrons. The average molecular weight is 259 g/mol. The first-order chi connectivity index (χ1) is 9.19.